The van der Waals surface area contributed by atoms with E-state index in [0.29, 0.717) is 6.04 Å². The van der Waals surface area contributed by atoms with Crippen molar-refractivity contribution in [1.82, 2.24) is 10.2 Å². The fourth-order valence-corrected chi connectivity index (χ4v) is 2.91. The van der Waals surface area contributed by atoms with Gasteiger partial charge < -0.3 is 10.2 Å². The van der Waals surface area contributed by atoms with Gasteiger partial charge in [0, 0.05) is 29.2 Å². The van der Waals surface area contributed by atoms with Gasteiger partial charge in [-0.1, -0.05) is 22.0 Å². The van der Waals surface area contributed by atoms with Gasteiger partial charge in [0.15, 0.2) is 0 Å². The van der Waals surface area contributed by atoms with Crippen molar-refractivity contribution in [3.05, 3.63) is 33.8 Å². The van der Waals surface area contributed by atoms with Crippen LogP contribution in [0.4, 0.5) is 0 Å². The number of halogens is 1. The summed E-state index contributed by atoms with van der Waals surface area (Å²) in [6, 6.07) is 6.15. The molecule has 1 aromatic rings. The Bertz CT molecular complexity index is 447. The van der Waals surface area contributed by atoms with Crippen LogP contribution in [0.1, 0.15) is 28.8 Å². The molecule has 1 N–H and O–H groups in total. The maximum Gasteiger partial charge on any atom is 0.254 e. The molecule has 1 atom stereocenters. The molecule has 0 saturated carbocycles. The third kappa shape index (κ3) is 2.59. The normalized spacial score (nSPS) is 19.3. The monoisotopic (exact) mass is 310 g/mol. The molecule has 0 spiro atoms. The summed E-state index contributed by atoms with van der Waals surface area (Å²) >= 11 is 3.49. The quantitative estimate of drug-likeness (QED) is 0.930. The van der Waals surface area contributed by atoms with Crippen LogP contribution in [0.15, 0.2) is 22.7 Å². The fraction of sp³-hybridized carbons (Fsp3) is 0.500. The van der Waals surface area contributed by atoms with Gasteiger partial charge in [0.25, 0.3) is 5.91 Å². The highest BCUT2D eigenvalue weighted by molar-refractivity contribution is 9.10. The van der Waals surface area contributed by atoms with Gasteiger partial charge in [-0.15, -0.1) is 0 Å². The number of likely N-dealkylation sites (tertiary alicyclic amines) is 1. The number of likely N-dealkylation sites (N-methyl/N-ethyl adjacent to an activating group) is 1. The maximum atomic E-state index is 12.6. The van der Waals surface area contributed by atoms with Crippen molar-refractivity contribution >= 4 is 21.8 Å². The van der Waals surface area contributed by atoms with Crippen molar-refractivity contribution in [2.75, 3.05) is 20.1 Å². The van der Waals surface area contributed by atoms with E-state index in [1.807, 2.05) is 37.1 Å². The van der Waals surface area contributed by atoms with Crippen LogP contribution in [0.5, 0.6) is 0 Å². The second-order valence-corrected chi connectivity index (χ2v) is 5.62. The molecule has 4 heteroatoms. The van der Waals surface area contributed by atoms with E-state index in [4.69, 9.17) is 0 Å². The molecule has 1 heterocycles. The number of nitrogens with one attached hydrogen (secondary N) is 1. The first-order valence-electron chi connectivity index (χ1n) is 6.36. The number of rotatable bonds is 3. The number of hydrogen-bond donors (Lipinski definition) is 1. The molecule has 98 valence electrons. The predicted octanol–water partition coefficient (Wildman–Crippen LogP) is 2.58. The van der Waals surface area contributed by atoms with Crippen LogP contribution in [0.3, 0.4) is 0 Å². The first-order chi connectivity index (χ1) is 8.65. The van der Waals surface area contributed by atoms with Gasteiger partial charge in [-0.2, -0.15) is 0 Å². The third-order valence-electron chi connectivity index (χ3n) is 3.58. The van der Waals surface area contributed by atoms with Gasteiger partial charge in [-0.05, 0) is 44.5 Å². The lowest BCUT2D eigenvalue weighted by Crippen LogP contribution is -2.41. The predicted molar refractivity (Wildman–Crippen MR) is 76.9 cm³/mol. The summed E-state index contributed by atoms with van der Waals surface area (Å²) in [6.07, 6.45) is 2.20. The van der Waals surface area contributed by atoms with Gasteiger partial charge in [0.2, 0.25) is 0 Å². The lowest BCUT2D eigenvalue weighted by Gasteiger charge is -2.25. The third-order valence-corrected chi connectivity index (χ3v) is 4.43. The van der Waals surface area contributed by atoms with Crippen LogP contribution >= 0.6 is 15.9 Å². The zero-order valence-corrected chi connectivity index (χ0v) is 12.5. The topological polar surface area (TPSA) is 32.3 Å². The van der Waals surface area contributed by atoms with Crippen molar-refractivity contribution in [3.63, 3.8) is 0 Å². The zero-order chi connectivity index (χ0) is 13.1. The van der Waals surface area contributed by atoms with E-state index in [2.05, 4.69) is 21.2 Å². The van der Waals surface area contributed by atoms with Crippen molar-refractivity contribution in [3.8, 4) is 0 Å². The first-order valence-corrected chi connectivity index (χ1v) is 7.15. The molecule has 3 nitrogen and oxygen atoms in total. The Labute approximate surface area is 117 Å². The van der Waals surface area contributed by atoms with E-state index >= 15 is 0 Å². The van der Waals surface area contributed by atoms with Crippen molar-refractivity contribution in [1.29, 1.82) is 0 Å². The Kier molecular flexibility index (Phi) is 4.40. The zero-order valence-electron chi connectivity index (χ0n) is 10.9. The molecule has 1 aromatic carbocycles. The van der Waals surface area contributed by atoms with E-state index in [1.165, 1.54) is 0 Å². The van der Waals surface area contributed by atoms with Gasteiger partial charge in [0.05, 0.1) is 0 Å². The summed E-state index contributed by atoms with van der Waals surface area (Å²) in [5, 5.41) is 3.17. The molecule has 0 bridgehead atoms. The summed E-state index contributed by atoms with van der Waals surface area (Å²) in [4.78, 5) is 14.6. The largest absolute Gasteiger partial charge is 0.334 e. The Balaban J connectivity index is 2.23. The standard InChI is InChI=1S/C14H19BrN2O/c1-10-12(6-3-7-13(10)15)14(18)17-8-4-5-11(17)9-16-2/h3,6-7,11,16H,4-5,8-9H2,1-2H3. The number of carbonyl (C=O) groups excluding carboxylic acids is 1. The molecule has 0 aliphatic carbocycles. The van der Waals surface area contributed by atoms with Gasteiger partial charge >= 0.3 is 0 Å². The molecule has 1 unspecified atom stereocenters. The van der Waals surface area contributed by atoms with E-state index in [1.54, 1.807) is 0 Å². The smallest absolute Gasteiger partial charge is 0.254 e. The number of nitrogens with zero attached hydrogens (tertiary/aromatic N) is 1. The van der Waals surface area contributed by atoms with E-state index in [0.717, 1.165) is 41.5 Å². The molecule has 2 rings (SSSR count). The average molecular weight is 311 g/mol. The lowest BCUT2D eigenvalue weighted by molar-refractivity contribution is 0.0736. The maximum absolute atomic E-state index is 12.6. The highest BCUT2D eigenvalue weighted by Crippen LogP contribution is 2.24. The number of amides is 1. The molecular weight excluding hydrogens is 292 g/mol. The van der Waals surface area contributed by atoms with E-state index in [-0.39, 0.29) is 5.91 Å². The van der Waals surface area contributed by atoms with Crippen LogP contribution in [0, 0.1) is 6.92 Å². The average Bonchev–Trinajstić information content (AvgIpc) is 2.80. The fourth-order valence-electron chi connectivity index (χ4n) is 2.54. The number of hydrogen-bond acceptors (Lipinski definition) is 2. The first kappa shape index (κ1) is 13.6. The van der Waals surface area contributed by atoms with Crippen LogP contribution < -0.4 is 5.32 Å². The van der Waals surface area contributed by atoms with Gasteiger partial charge in [-0.25, -0.2) is 0 Å². The number of carbonyl (C=O) groups is 1. The molecule has 1 fully saturated rings. The second kappa shape index (κ2) is 5.85. The minimum atomic E-state index is 0.159. The van der Waals surface area contributed by atoms with Crippen LogP contribution in [-0.2, 0) is 0 Å². The molecule has 1 amide bonds. The summed E-state index contributed by atoms with van der Waals surface area (Å²) in [7, 11) is 1.94. The summed E-state index contributed by atoms with van der Waals surface area (Å²) < 4.78 is 0.998. The highest BCUT2D eigenvalue weighted by atomic mass is 79.9. The molecule has 1 saturated heterocycles. The second-order valence-electron chi connectivity index (χ2n) is 4.76. The molecule has 0 aromatic heterocycles. The van der Waals surface area contributed by atoms with Gasteiger partial charge in [-0.3, -0.25) is 4.79 Å². The number of benzene rings is 1. The Morgan fingerprint density at radius 3 is 3.06 bits per heavy atom. The molecule has 18 heavy (non-hydrogen) atoms. The minimum Gasteiger partial charge on any atom is -0.334 e. The van der Waals surface area contributed by atoms with E-state index < -0.39 is 0 Å². The Morgan fingerprint density at radius 1 is 1.56 bits per heavy atom. The molecular formula is C14H19BrN2O. The summed E-state index contributed by atoms with van der Waals surface area (Å²) in [6.45, 7) is 3.73. The van der Waals surface area contributed by atoms with Crippen LogP contribution in [0.25, 0.3) is 0 Å². The van der Waals surface area contributed by atoms with Crippen molar-refractivity contribution in [2.24, 2.45) is 0 Å². The van der Waals surface area contributed by atoms with Crippen molar-refractivity contribution in [2.45, 2.75) is 25.8 Å². The highest BCUT2D eigenvalue weighted by Gasteiger charge is 2.29. The molecule has 1 aliphatic rings. The van der Waals surface area contributed by atoms with Gasteiger partial charge in [0.1, 0.15) is 0 Å². The van der Waals surface area contributed by atoms with Crippen LogP contribution in [0.2, 0.25) is 0 Å². The van der Waals surface area contributed by atoms with Crippen LogP contribution in [-0.4, -0.2) is 37.0 Å². The molecule has 0 radical (unpaired) electrons. The lowest BCUT2D eigenvalue weighted by atomic mass is 10.1. The van der Waals surface area contributed by atoms with E-state index in [9.17, 15) is 4.79 Å². The van der Waals surface area contributed by atoms with Crippen molar-refractivity contribution < 1.29 is 4.79 Å². The minimum absolute atomic E-state index is 0.159. The Morgan fingerprint density at radius 2 is 2.33 bits per heavy atom. The summed E-state index contributed by atoms with van der Waals surface area (Å²) in [5.74, 6) is 0.159. The Hall–Kier alpha value is -0.870. The molecule has 1 aliphatic heterocycles. The summed E-state index contributed by atoms with van der Waals surface area (Å²) in [5.41, 5.74) is 1.84. The SMILES string of the molecule is CNCC1CCCN1C(=O)c1cccc(Br)c1C.